The molecule has 2 aromatic rings. The van der Waals surface area contributed by atoms with E-state index in [1.165, 1.54) is 6.42 Å². The standard InChI is InChI=1S/C27H38N4O6.C2H6/c1-17(2)13-18(14-24(32)28-16-25(33)34)29-27(35)20-15-21(31(30-20)19-9-6-5-7-10-19)26-22(36-3)11-8-12-23(26)37-4;1-2/h8,11-12,15,17-19H,5-7,9-10,13-14,16H2,1-4H3,(H,28,32)(H,29,35)(H,33,34);1-2H3. The number of hydrogen-bond donors (Lipinski definition) is 3. The van der Waals surface area contributed by atoms with E-state index in [1.807, 2.05) is 50.6 Å². The van der Waals surface area contributed by atoms with Gasteiger partial charge in [0.25, 0.3) is 5.91 Å². The maximum atomic E-state index is 13.4. The van der Waals surface area contributed by atoms with E-state index in [-0.39, 0.29) is 30.0 Å². The summed E-state index contributed by atoms with van der Waals surface area (Å²) in [7, 11) is 3.19. The monoisotopic (exact) mass is 544 g/mol. The van der Waals surface area contributed by atoms with Gasteiger partial charge in [0.05, 0.1) is 31.5 Å². The lowest BCUT2D eigenvalue weighted by atomic mass is 9.95. The summed E-state index contributed by atoms with van der Waals surface area (Å²) >= 11 is 0. The van der Waals surface area contributed by atoms with Crippen molar-refractivity contribution >= 4 is 17.8 Å². The van der Waals surface area contributed by atoms with Gasteiger partial charge in [-0.25, -0.2) is 0 Å². The van der Waals surface area contributed by atoms with Gasteiger partial charge in [0.2, 0.25) is 5.91 Å². The fourth-order valence-electron chi connectivity index (χ4n) is 4.89. The Labute approximate surface area is 231 Å². The number of aliphatic carboxylic acids is 1. The van der Waals surface area contributed by atoms with E-state index in [1.54, 1.807) is 20.3 Å². The first-order valence-corrected chi connectivity index (χ1v) is 13.8. The Morgan fingerprint density at radius 1 is 1.08 bits per heavy atom. The Balaban J connectivity index is 0.00000260. The molecule has 1 saturated carbocycles. The second kappa shape index (κ2) is 15.8. The van der Waals surface area contributed by atoms with Crippen LogP contribution in [0.25, 0.3) is 11.3 Å². The van der Waals surface area contributed by atoms with Crippen LogP contribution in [0, 0.1) is 5.92 Å². The smallest absolute Gasteiger partial charge is 0.322 e. The molecule has 1 fully saturated rings. The summed E-state index contributed by atoms with van der Waals surface area (Å²) in [5.41, 5.74) is 1.72. The van der Waals surface area contributed by atoms with Crippen molar-refractivity contribution in [2.45, 2.75) is 84.7 Å². The highest BCUT2D eigenvalue weighted by atomic mass is 16.5. The number of amides is 2. The molecule has 0 bridgehead atoms. The first kappa shape index (κ1) is 31.7. The molecule has 1 heterocycles. The number of nitrogens with zero attached hydrogens (tertiary/aromatic N) is 2. The van der Waals surface area contributed by atoms with Gasteiger partial charge in [-0.05, 0) is 43.4 Å². The number of carboxylic acids is 1. The lowest BCUT2D eigenvalue weighted by Crippen LogP contribution is -2.41. The van der Waals surface area contributed by atoms with Crippen LogP contribution in [0.2, 0.25) is 0 Å². The molecular weight excluding hydrogens is 500 g/mol. The van der Waals surface area contributed by atoms with Crippen molar-refractivity contribution in [3.8, 4) is 22.8 Å². The summed E-state index contributed by atoms with van der Waals surface area (Å²) in [4.78, 5) is 36.5. The van der Waals surface area contributed by atoms with Crippen molar-refractivity contribution in [3.63, 3.8) is 0 Å². The predicted octanol–water partition coefficient (Wildman–Crippen LogP) is 4.83. The van der Waals surface area contributed by atoms with Crippen molar-refractivity contribution in [3.05, 3.63) is 30.0 Å². The van der Waals surface area contributed by atoms with E-state index in [0.29, 0.717) is 17.9 Å². The molecule has 3 N–H and O–H groups in total. The second-order valence-corrected chi connectivity index (χ2v) is 9.86. The quantitative estimate of drug-likeness (QED) is 0.349. The number of carbonyl (C=O) groups excluding carboxylic acids is 2. The number of methoxy groups -OCH3 is 2. The average molecular weight is 545 g/mol. The number of benzene rings is 1. The van der Waals surface area contributed by atoms with Crippen LogP contribution in [0.5, 0.6) is 11.5 Å². The van der Waals surface area contributed by atoms with Gasteiger partial charge in [-0.2, -0.15) is 5.10 Å². The van der Waals surface area contributed by atoms with E-state index in [0.717, 1.165) is 36.9 Å². The molecular formula is C29H44N4O6. The zero-order valence-electron chi connectivity index (χ0n) is 24.1. The second-order valence-electron chi connectivity index (χ2n) is 9.86. The number of aromatic nitrogens is 2. The largest absolute Gasteiger partial charge is 0.496 e. The normalized spacial score (nSPS) is 14.1. The zero-order chi connectivity index (χ0) is 28.9. The first-order valence-electron chi connectivity index (χ1n) is 13.8. The third-order valence-electron chi connectivity index (χ3n) is 6.53. The Morgan fingerprint density at radius 2 is 1.69 bits per heavy atom. The number of rotatable bonds is 12. The van der Waals surface area contributed by atoms with Gasteiger partial charge in [0.15, 0.2) is 5.69 Å². The lowest BCUT2D eigenvalue weighted by Gasteiger charge is -2.25. The van der Waals surface area contributed by atoms with Gasteiger partial charge in [-0.1, -0.05) is 53.0 Å². The fraction of sp³-hybridized carbons (Fsp3) is 0.586. The number of ether oxygens (including phenoxy) is 2. The topological polar surface area (TPSA) is 132 Å². The van der Waals surface area contributed by atoms with Crippen LogP contribution < -0.4 is 20.1 Å². The SMILES string of the molecule is CC.COc1cccc(OC)c1-c1cc(C(=O)NC(CC(=O)NCC(=O)O)CC(C)C)nn1C1CCCCC1. The molecule has 1 atom stereocenters. The average Bonchev–Trinajstić information content (AvgIpc) is 3.38. The maximum absolute atomic E-state index is 13.4. The number of nitrogens with one attached hydrogen (secondary N) is 2. The molecule has 39 heavy (non-hydrogen) atoms. The molecule has 1 aromatic carbocycles. The molecule has 0 spiro atoms. The highest BCUT2D eigenvalue weighted by Gasteiger charge is 2.27. The van der Waals surface area contributed by atoms with E-state index in [4.69, 9.17) is 19.7 Å². The highest BCUT2D eigenvalue weighted by molar-refractivity contribution is 5.94. The summed E-state index contributed by atoms with van der Waals surface area (Å²) in [5.74, 6) is -0.481. The van der Waals surface area contributed by atoms with E-state index < -0.39 is 24.5 Å². The Morgan fingerprint density at radius 3 is 2.23 bits per heavy atom. The summed E-state index contributed by atoms with van der Waals surface area (Å²) in [6.45, 7) is 7.54. The first-order chi connectivity index (χ1) is 18.7. The Bertz CT molecular complexity index is 1070. The molecule has 1 unspecified atom stereocenters. The fourth-order valence-corrected chi connectivity index (χ4v) is 4.89. The van der Waals surface area contributed by atoms with Gasteiger partial charge in [-0.15, -0.1) is 0 Å². The van der Waals surface area contributed by atoms with Crippen molar-refractivity contribution in [2.24, 2.45) is 5.92 Å². The van der Waals surface area contributed by atoms with Crippen LogP contribution in [0.4, 0.5) is 0 Å². The Kier molecular flexibility index (Phi) is 12.8. The lowest BCUT2D eigenvalue weighted by molar-refractivity contribution is -0.138. The molecule has 1 aliphatic carbocycles. The molecule has 0 aliphatic heterocycles. The Hall–Kier alpha value is -3.56. The molecule has 0 radical (unpaired) electrons. The van der Waals surface area contributed by atoms with E-state index in [2.05, 4.69) is 10.6 Å². The van der Waals surface area contributed by atoms with Crippen molar-refractivity contribution in [1.82, 2.24) is 20.4 Å². The predicted molar refractivity (Wildman–Crippen MR) is 150 cm³/mol. The molecule has 2 amide bonds. The van der Waals surface area contributed by atoms with Gasteiger partial charge >= 0.3 is 5.97 Å². The van der Waals surface area contributed by atoms with E-state index in [9.17, 15) is 14.4 Å². The number of carbonyl (C=O) groups is 3. The molecule has 3 rings (SSSR count). The number of carboxylic acid groups (broad SMARTS) is 1. The maximum Gasteiger partial charge on any atom is 0.322 e. The van der Waals surface area contributed by atoms with Gasteiger partial charge in [0.1, 0.15) is 18.0 Å². The number of hydrogen-bond acceptors (Lipinski definition) is 6. The van der Waals surface area contributed by atoms with Crippen LogP contribution in [0.3, 0.4) is 0 Å². The minimum Gasteiger partial charge on any atom is -0.496 e. The van der Waals surface area contributed by atoms with Gasteiger partial charge in [0, 0.05) is 12.5 Å². The summed E-state index contributed by atoms with van der Waals surface area (Å²) in [6.07, 6.45) is 5.84. The minimum atomic E-state index is -1.12. The molecule has 10 nitrogen and oxygen atoms in total. The van der Waals surface area contributed by atoms with Gasteiger partial charge < -0.3 is 25.2 Å². The third-order valence-corrected chi connectivity index (χ3v) is 6.53. The summed E-state index contributed by atoms with van der Waals surface area (Å²) in [6, 6.07) is 6.98. The highest BCUT2D eigenvalue weighted by Crippen LogP contribution is 2.41. The molecule has 0 saturated heterocycles. The zero-order valence-corrected chi connectivity index (χ0v) is 24.1. The minimum absolute atomic E-state index is 0.0201. The van der Waals surface area contributed by atoms with E-state index >= 15 is 0 Å². The molecule has 1 aromatic heterocycles. The molecule has 10 heteroatoms. The third kappa shape index (κ3) is 9.01. The summed E-state index contributed by atoms with van der Waals surface area (Å²) in [5, 5.41) is 18.9. The van der Waals surface area contributed by atoms with Crippen molar-refractivity contribution in [2.75, 3.05) is 20.8 Å². The van der Waals surface area contributed by atoms with Crippen LogP contribution in [0.15, 0.2) is 24.3 Å². The van der Waals surface area contributed by atoms with Crippen molar-refractivity contribution in [1.29, 1.82) is 0 Å². The summed E-state index contributed by atoms with van der Waals surface area (Å²) < 4.78 is 13.2. The van der Waals surface area contributed by atoms with Crippen molar-refractivity contribution < 1.29 is 29.0 Å². The van der Waals surface area contributed by atoms with Gasteiger partial charge in [-0.3, -0.25) is 19.1 Å². The van der Waals surface area contributed by atoms with Crippen LogP contribution in [-0.2, 0) is 9.59 Å². The van der Waals surface area contributed by atoms with Crippen LogP contribution >= 0.6 is 0 Å². The van der Waals surface area contributed by atoms with Crippen LogP contribution in [-0.4, -0.2) is 59.5 Å². The molecule has 1 aliphatic rings. The van der Waals surface area contributed by atoms with Crippen LogP contribution in [0.1, 0.15) is 89.2 Å². The molecule has 216 valence electrons.